The van der Waals surface area contributed by atoms with Crippen LogP contribution in [0, 0.1) is 11.3 Å². The summed E-state index contributed by atoms with van der Waals surface area (Å²) in [6.07, 6.45) is 3.18. The maximum Gasteiger partial charge on any atom is 0.120 e. The van der Waals surface area contributed by atoms with Gasteiger partial charge in [0.2, 0.25) is 0 Å². The number of rotatable bonds is 3. The molecule has 2 aromatic rings. The van der Waals surface area contributed by atoms with E-state index in [1.54, 1.807) is 0 Å². The molecular weight excluding hydrogens is 266 g/mol. The lowest BCUT2D eigenvalue weighted by Crippen LogP contribution is -2.24. The first-order valence-electron chi connectivity index (χ1n) is 6.78. The molecular formula is C16H17N3S. The van der Waals surface area contributed by atoms with Crippen LogP contribution < -0.4 is 5.32 Å². The standard InChI is InChI=1S/C16H17N3S/c1-19-11-12(8-13(19)9-17)10-18-15-6-7-20-16-5-3-2-4-14(15)16/h2-5,8,11,15,18H,6-7,10H2,1H3. The molecule has 1 aliphatic rings. The molecule has 1 atom stereocenters. The van der Waals surface area contributed by atoms with Gasteiger partial charge in [-0.05, 0) is 35.4 Å². The van der Waals surface area contributed by atoms with Crippen molar-refractivity contribution in [3.8, 4) is 6.07 Å². The summed E-state index contributed by atoms with van der Waals surface area (Å²) >= 11 is 1.94. The molecule has 0 aliphatic carbocycles. The molecule has 2 heterocycles. The van der Waals surface area contributed by atoms with Gasteiger partial charge in [0.1, 0.15) is 11.8 Å². The molecule has 4 heteroatoms. The van der Waals surface area contributed by atoms with Gasteiger partial charge < -0.3 is 9.88 Å². The van der Waals surface area contributed by atoms with Gasteiger partial charge in [-0.3, -0.25) is 0 Å². The Morgan fingerprint density at radius 1 is 1.45 bits per heavy atom. The molecule has 1 unspecified atom stereocenters. The van der Waals surface area contributed by atoms with Gasteiger partial charge in [-0.25, -0.2) is 0 Å². The summed E-state index contributed by atoms with van der Waals surface area (Å²) in [7, 11) is 1.91. The van der Waals surface area contributed by atoms with Crippen LogP contribution >= 0.6 is 11.8 Å². The van der Waals surface area contributed by atoms with E-state index in [0.717, 1.165) is 18.7 Å². The minimum Gasteiger partial charge on any atom is -0.342 e. The number of thioether (sulfide) groups is 1. The average molecular weight is 283 g/mol. The van der Waals surface area contributed by atoms with Gasteiger partial charge in [-0.1, -0.05) is 18.2 Å². The van der Waals surface area contributed by atoms with Gasteiger partial charge in [0.25, 0.3) is 0 Å². The highest BCUT2D eigenvalue weighted by molar-refractivity contribution is 7.99. The van der Waals surface area contributed by atoms with Crippen LogP contribution in [0.4, 0.5) is 0 Å². The fraction of sp³-hybridized carbons (Fsp3) is 0.312. The summed E-state index contributed by atoms with van der Waals surface area (Å²) in [6.45, 7) is 0.805. The number of aryl methyl sites for hydroxylation is 1. The van der Waals surface area contributed by atoms with Crippen LogP contribution in [0.5, 0.6) is 0 Å². The first-order valence-corrected chi connectivity index (χ1v) is 7.77. The van der Waals surface area contributed by atoms with Crippen molar-refractivity contribution >= 4 is 11.8 Å². The molecule has 102 valence electrons. The van der Waals surface area contributed by atoms with Gasteiger partial charge >= 0.3 is 0 Å². The maximum absolute atomic E-state index is 8.98. The Labute approximate surface area is 123 Å². The first kappa shape index (κ1) is 13.3. The highest BCUT2D eigenvalue weighted by Gasteiger charge is 2.19. The van der Waals surface area contributed by atoms with E-state index in [4.69, 9.17) is 5.26 Å². The monoisotopic (exact) mass is 283 g/mol. The second kappa shape index (κ2) is 5.74. The molecule has 3 rings (SSSR count). The largest absolute Gasteiger partial charge is 0.342 e. The highest BCUT2D eigenvalue weighted by Crippen LogP contribution is 2.35. The van der Waals surface area contributed by atoms with Crippen molar-refractivity contribution in [2.45, 2.75) is 23.9 Å². The van der Waals surface area contributed by atoms with E-state index in [1.165, 1.54) is 16.0 Å². The summed E-state index contributed by atoms with van der Waals surface area (Å²) in [4.78, 5) is 1.39. The zero-order valence-electron chi connectivity index (χ0n) is 11.5. The molecule has 0 fully saturated rings. The van der Waals surface area contributed by atoms with Gasteiger partial charge in [-0.2, -0.15) is 5.26 Å². The molecule has 20 heavy (non-hydrogen) atoms. The molecule has 0 radical (unpaired) electrons. The summed E-state index contributed by atoms with van der Waals surface area (Å²) in [5.74, 6) is 1.16. The van der Waals surface area contributed by atoms with Gasteiger partial charge in [0, 0.05) is 30.7 Å². The van der Waals surface area contributed by atoms with E-state index in [0.29, 0.717) is 11.7 Å². The van der Waals surface area contributed by atoms with Crippen molar-refractivity contribution in [1.82, 2.24) is 9.88 Å². The van der Waals surface area contributed by atoms with Crippen LogP contribution in [0.1, 0.15) is 29.3 Å². The van der Waals surface area contributed by atoms with Crippen molar-refractivity contribution < 1.29 is 0 Å². The van der Waals surface area contributed by atoms with Crippen molar-refractivity contribution in [2.75, 3.05) is 5.75 Å². The molecule has 1 aromatic heterocycles. The lowest BCUT2D eigenvalue weighted by molar-refractivity contribution is 0.510. The maximum atomic E-state index is 8.98. The smallest absolute Gasteiger partial charge is 0.120 e. The molecule has 0 saturated carbocycles. The molecule has 0 spiro atoms. The number of nitriles is 1. The quantitative estimate of drug-likeness (QED) is 0.940. The third-order valence-corrected chi connectivity index (χ3v) is 4.81. The summed E-state index contributed by atoms with van der Waals surface area (Å²) in [5.41, 5.74) is 3.28. The zero-order valence-corrected chi connectivity index (χ0v) is 12.3. The molecule has 0 amide bonds. The van der Waals surface area contributed by atoms with Crippen LogP contribution in [-0.4, -0.2) is 10.3 Å². The number of fused-ring (bicyclic) bond motifs is 1. The van der Waals surface area contributed by atoms with E-state index in [9.17, 15) is 0 Å². The molecule has 1 N–H and O–H groups in total. The lowest BCUT2D eigenvalue weighted by Gasteiger charge is -2.25. The number of hydrogen-bond donors (Lipinski definition) is 1. The summed E-state index contributed by atoms with van der Waals surface area (Å²) in [5, 5.41) is 12.6. The second-order valence-corrected chi connectivity index (χ2v) is 6.20. The van der Waals surface area contributed by atoms with Gasteiger partial charge in [0.15, 0.2) is 0 Å². The number of aromatic nitrogens is 1. The van der Waals surface area contributed by atoms with Crippen molar-refractivity contribution in [1.29, 1.82) is 5.26 Å². The fourth-order valence-electron chi connectivity index (χ4n) is 2.64. The van der Waals surface area contributed by atoms with Crippen LogP contribution in [0.2, 0.25) is 0 Å². The Morgan fingerprint density at radius 2 is 2.30 bits per heavy atom. The Kier molecular flexibility index (Phi) is 3.81. The van der Waals surface area contributed by atoms with E-state index >= 15 is 0 Å². The Balaban J connectivity index is 1.72. The fourth-order valence-corrected chi connectivity index (χ4v) is 3.76. The highest BCUT2D eigenvalue weighted by atomic mass is 32.2. The predicted octanol–water partition coefficient (Wildman–Crippen LogP) is 3.22. The Morgan fingerprint density at radius 3 is 3.10 bits per heavy atom. The average Bonchev–Trinajstić information content (AvgIpc) is 2.85. The van der Waals surface area contributed by atoms with E-state index in [2.05, 4.69) is 35.7 Å². The topological polar surface area (TPSA) is 40.8 Å². The molecule has 0 bridgehead atoms. The minimum absolute atomic E-state index is 0.415. The van der Waals surface area contributed by atoms with E-state index < -0.39 is 0 Å². The minimum atomic E-state index is 0.415. The Bertz CT molecular complexity index is 654. The van der Waals surface area contributed by atoms with Crippen LogP contribution in [0.25, 0.3) is 0 Å². The molecule has 0 saturated heterocycles. The van der Waals surface area contributed by atoms with E-state index in [-0.39, 0.29) is 0 Å². The Hall–Kier alpha value is -1.70. The number of hydrogen-bond acceptors (Lipinski definition) is 3. The van der Waals surface area contributed by atoms with Crippen LogP contribution in [0.3, 0.4) is 0 Å². The normalized spacial score (nSPS) is 17.5. The number of nitrogens with zero attached hydrogens (tertiary/aromatic N) is 2. The predicted molar refractivity (Wildman–Crippen MR) is 81.5 cm³/mol. The molecule has 1 aromatic carbocycles. The SMILES string of the molecule is Cn1cc(CNC2CCSc3ccccc32)cc1C#N. The third kappa shape index (κ3) is 2.60. The van der Waals surface area contributed by atoms with Crippen LogP contribution in [-0.2, 0) is 13.6 Å². The molecule has 1 aliphatic heterocycles. The second-order valence-electron chi connectivity index (χ2n) is 5.06. The van der Waals surface area contributed by atoms with Crippen molar-refractivity contribution in [3.63, 3.8) is 0 Å². The van der Waals surface area contributed by atoms with Crippen molar-refractivity contribution in [3.05, 3.63) is 53.3 Å². The summed E-state index contributed by atoms with van der Waals surface area (Å²) < 4.78 is 1.88. The zero-order chi connectivity index (χ0) is 13.9. The van der Waals surface area contributed by atoms with Crippen LogP contribution in [0.15, 0.2) is 41.4 Å². The van der Waals surface area contributed by atoms with Crippen molar-refractivity contribution in [2.24, 2.45) is 7.05 Å². The third-order valence-electron chi connectivity index (χ3n) is 3.69. The lowest BCUT2D eigenvalue weighted by atomic mass is 10.0. The summed E-state index contributed by atoms with van der Waals surface area (Å²) in [6, 6.07) is 13.2. The van der Waals surface area contributed by atoms with Gasteiger partial charge in [-0.15, -0.1) is 11.8 Å². The van der Waals surface area contributed by atoms with E-state index in [1.807, 2.05) is 35.6 Å². The first-order chi connectivity index (χ1) is 9.78. The van der Waals surface area contributed by atoms with Gasteiger partial charge in [0.05, 0.1) is 0 Å². The number of benzene rings is 1. The molecule has 3 nitrogen and oxygen atoms in total. The number of nitrogens with one attached hydrogen (secondary N) is 1.